The van der Waals surface area contributed by atoms with Gasteiger partial charge in [-0.15, -0.1) is 0 Å². The molecule has 166 valence electrons. The van der Waals surface area contributed by atoms with Gasteiger partial charge in [0.2, 0.25) is 18.6 Å². The van der Waals surface area contributed by atoms with E-state index in [4.69, 9.17) is 14.5 Å². The quantitative estimate of drug-likeness (QED) is 0.584. The molecule has 0 unspecified atom stereocenters. The van der Waals surface area contributed by atoms with Crippen molar-refractivity contribution in [3.8, 4) is 11.5 Å². The van der Waals surface area contributed by atoms with Gasteiger partial charge >= 0.3 is 0 Å². The third-order valence-electron chi connectivity index (χ3n) is 5.21. The number of rotatable bonds is 6. The molecule has 1 fully saturated rings. The Balaban J connectivity index is 1.36. The van der Waals surface area contributed by atoms with E-state index in [-0.39, 0.29) is 25.0 Å². The van der Waals surface area contributed by atoms with Crippen LogP contribution in [0.25, 0.3) is 0 Å². The molecule has 7 nitrogen and oxygen atoms in total. The largest absolute Gasteiger partial charge is 0.454 e. The molecule has 5 rings (SSSR count). The fourth-order valence-corrected chi connectivity index (χ4v) is 4.76. The molecule has 0 aromatic heterocycles. The summed E-state index contributed by atoms with van der Waals surface area (Å²) in [4.78, 5) is 32.3. The predicted molar refractivity (Wildman–Crippen MR) is 128 cm³/mol. The van der Waals surface area contributed by atoms with E-state index in [1.807, 2.05) is 78.9 Å². The molecule has 3 aromatic rings. The van der Waals surface area contributed by atoms with E-state index in [0.29, 0.717) is 28.9 Å². The normalized spacial score (nSPS) is 18.1. The van der Waals surface area contributed by atoms with Gasteiger partial charge in [0.15, 0.2) is 16.7 Å². The average molecular weight is 460 g/mol. The number of benzene rings is 3. The minimum Gasteiger partial charge on any atom is -0.454 e. The molecular formula is C25H21N3O4S. The Morgan fingerprint density at radius 1 is 1.00 bits per heavy atom. The van der Waals surface area contributed by atoms with Crippen LogP contribution in [0.2, 0.25) is 0 Å². The molecule has 33 heavy (non-hydrogen) atoms. The number of nitrogens with one attached hydrogen (secondary N) is 1. The molecule has 1 N–H and O–H groups in total. The van der Waals surface area contributed by atoms with Gasteiger partial charge in [0, 0.05) is 12.1 Å². The maximum atomic E-state index is 13.3. The average Bonchev–Trinajstić information content (AvgIpc) is 3.40. The van der Waals surface area contributed by atoms with Gasteiger partial charge in [-0.2, -0.15) is 0 Å². The molecule has 8 heteroatoms. The number of carbonyl (C=O) groups is 2. The Morgan fingerprint density at radius 2 is 1.73 bits per heavy atom. The highest BCUT2D eigenvalue weighted by atomic mass is 32.2. The van der Waals surface area contributed by atoms with Crippen LogP contribution in [0.3, 0.4) is 0 Å². The molecule has 0 radical (unpaired) electrons. The summed E-state index contributed by atoms with van der Waals surface area (Å²) in [6, 6.07) is 24.3. The van der Waals surface area contributed by atoms with Crippen LogP contribution in [0.4, 0.5) is 11.4 Å². The molecular weight excluding hydrogens is 438 g/mol. The van der Waals surface area contributed by atoms with Gasteiger partial charge in [0.05, 0.1) is 12.2 Å². The van der Waals surface area contributed by atoms with Crippen molar-refractivity contribution in [2.45, 2.75) is 18.2 Å². The second-order valence-corrected chi connectivity index (χ2v) is 8.74. The van der Waals surface area contributed by atoms with E-state index in [2.05, 4.69) is 5.32 Å². The lowest BCUT2D eigenvalue weighted by Crippen LogP contribution is -2.33. The van der Waals surface area contributed by atoms with Crippen LogP contribution in [-0.2, 0) is 16.1 Å². The summed E-state index contributed by atoms with van der Waals surface area (Å²) in [5, 5.41) is 2.87. The first kappa shape index (κ1) is 21.1. The van der Waals surface area contributed by atoms with Crippen LogP contribution in [0.1, 0.15) is 12.0 Å². The smallest absolute Gasteiger partial charge is 0.242 e. The number of amides is 2. The minimum atomic E-state index is -0.551. The Morgan fingerprint density at radius 3 is 2.52 bits per heavy atom. The van der Waals surface area contributed by atoms with Crippen molar-refractivity contribution < 1.29 is 19.1 Å². The molecule has 2 amide bonds. The summed E-state index contributed by atoms with van der Waals surface area (Å²) in [6.07, 6.45) is 0.0594. The Bertz CT molecular complexity index is 1200. The number of thioether (sulfide) groups is 1. The molecule has 2 aliphatic rings. The van der Waals surface area contributed by atoms with Gasteiger partial charge in [0.1, 0.15) is 5.25 Å². The molecule has 0 bridgehead atoms. The summed E-state index contributed by atoms with van der Waals surface area (Å²) in [5.74, 6) is 0.994. The molecule has 0 spiro atoms. The molecule has 2 aliphatic heterocycles. The van der Waals surface area contributed by atoms with Crippen molar-refractivity contribution in [3.05, 3.63) is 84.4 Å². The first-order valence-electron chi connectivity index (χ1n) is 10.5. The van der Waals surface area contributed by atoms with E-state index in [0.717, 1.165) is 11.3 Å². The van der Waals surface area contributed by atoms with Crippen LogP contribution in [0.5, 0.6) is 11.5 Å². The lowest BCUT2D eigenvalue weighted by atomic mass is 10.1. The molecule has 1 saturated heterocycles. The number of para-hydroxylation sites is 2. The summed E-state index contributed by atoms with van der Waals surface area (Å²) < 4.78 is 10.8. The summed E-state index contributed by atoms with van der Waals surface area (Å²) in [5.41, 5.74) is 2.34. The number of hydrogen-bond donors (Lipinski definition) is 1. The second-order valence-electron chi connectivity index (χ2n) is 7.57. The summed E-state index contributed by atoms with van der Waals surface area (Å²) in [7, 11) is 0. The van der Waals surface area contributed by atoms with Crippen molar-refractivity contribution in [2.75, 3.05) is 12.1 Å². The zero-order valence-electron chi connectivity index (χ0n) is 17.6. The number of hydrogen-bond acceptors (Lipinski definition) is 6. The van der Waals surface area contributed by atoms with E-state index < -0.39 is 5.25 Å². The van der Waals surface area contributed by atoms with Gasteiger partial charge in [-0.1, -0.05) is 54.2 Å². The fraction of sp³-hybridized carbons (Fsp3) is 0.160. The third kappa shape index (κ3) is 4.85. The zero-order chi connectivity index (χ0) is 22.6. The third-order valence-corrected chi connectivity index (χ3v) is 6.38. The lowest BCUT2D eigenvalue weighted by molar-refractivity contribution is -0.128. The molecule has 1 atom stereocenters. The van der Waals surface area contributed by atoms with E-state index in [9.17, 15) is 9.59 Å². The number of carbonyl (C=O) groups excluding carboxylic acids is 2. The number of nitrogens with zero attached hydrogens (tertiary/aromatic N) is 2. The summed E-state index contributed by atoms with van der Waals surface area (Å²) in [6.45, 7) is 0.515. The minimum absolute atomic E-state index is 0.0594. The van der Waals surface area contributed by atoms with Crippen LogP contribution in [-0.4, -0.2) is 33.9 Å². The number of ether oxygens (including phenoxy) is 2. The number of aliphatic imine (C=N–C) groups is 1. The van der Waals surface area contributed by atoms with E-state index in [1.54, 1.807) is 4.90 Å². The van der Waals surface area contributed by atoms with E-state index >= 15 is 0 Å². The molecule has 3 aromatic carbocycles. The molecule has 0 saturated carbocycles. The monoisotopic (exact) mass is 459 g/mol. The first-order valence-corrected chi connectivity index (χ1v) is 11.4. The maximum absolute atomic E-state index is 13.3. The Hall–Kier alpha value is -3.78. The van der Waals surface area contributed by atoms with Gasteiger partial charge in [0.25, 0.3) is 0 Å². The van der Waals surface area contributed by atoms with Gasteiger partial charge in [-0.3, -0.25) is 14.5 Å². The standard InChI is InChI=1S/C25H21N3O4S/c29-23(26-18-7-3-1-4-8-18)14-22-24(30)28(25(33-22)27-19-9-5-2-6-10-19)15-17-11-12-20-21(13-17)32-16-31-20/h1-13,22H,14-16H2,(H,26,29)/t22-/m1/s1. The lowest BCUT2D eigenvalue weighted by Gasteiger charge is -2.17. The molecule has 0 aliphatic carbocycles. The SMILES string of the molecule is O=C(C[C@H]1SC(=Nc2ccccc2)N(Cc2ccc3c(c2)OCO3)C1=O)Nc1ccccc1. The van der Waals surface area contributed by atoms with Crippen molar-refractivity contribution in [3.63, 3.8) is 0 Å². The second kappa shape index (κ2) is 9.38. The Kier molecular flexibility index (Phi) is 5.99. The first-order chi connectivity index (χ1) is 16.2. The molecule has 2 heterocycles. The Labute approximate surface area is 195 Å². The van der Waals surface area contributed by atoms with Crippen LogP contribution in [0, 0.1) is 0 Å². The van der Waals surface area contributed by atoms with Crippen molar-refractivity contribution in [2.24, 2.45) is 4.99 Å². The van der Waals surface area contributed by atoms with Crippen molar-refractivity contribution in [1.29, 1.82) is 0 Å². The summed E-state index contributed by atoms with van der Waals surface area (Å²) >= 11 is 1.31. The van der Waals surface area contributed by atoms with Gasteiger partial charge in [-0.05, 0) is 42.0 Å². The van der Waals surface area contributed by atoms with Gasteiger partial charge < -0.3 is 14.8 Å². The van der Waals surface area contributed by atoms with Crippen molar-refractivity contribution >= 4 is 40.1 Å². The fourth-order valence-electron chi connectivity index (χ4n) is 3.61. The number of anilines is 1. The highest BCUT2D eigenvalue weighted by Crippen LogP contribution is 2.36. The van der Waals surface area contributed by atoms with Crippen LogP contribution < -0.4 is 14.8 Å². The van der Waals surface area contributed by atoms with Crippen LogP contribution in [0.15, 0.2) is 83.9 Å². The van der Waals surface area contributed by atoms with E-state index in [1.165, 1.54) is 11.8 Å². The topological polar surface area (TPSA) is 80.2 Å². The zero-order valence-corrected chi connectivity index (χ0v) is 18.5. The van der Waals surface area contributed by atoms with Gasteiger partial charge in [-0.25, -0.2) is 4.99 Å². The van der Waals surface area contributed by atoms with Crippen LogP contribution >= 0.6 is 11.8 Å². The highest BCUT2D eigenvalue weighted by Gasteiger charge is 2.39. The number of fused-ring (bicyclic) bond motifs is 1. The maximum Gasteiger partial charge on any atom is 0.242 e. The van der Waals surface area contributed by atoms with Crippen molar-refractivity contribution in [1.82, 2.24) is 4.90 Å². The highest BCUT2D eigenvalue weighted by molar-refractivity contribution is 8.15. The number of amidine groups is 1. The predicted octanol–water partition coefficient (Wildman–Crippen LogP) is 4.58.